The second-order valence-corrected chi connectivity index (χ2v) is 2.43. The summed E-state index contributed by atoms with van der Waals surface area (Å²) in [5, 5.41) is 0. The first-order valence-corrected chi connectivity index (χ1v) is 4.03. The molecule has 1 rings (SSSR count). The van der Waals surface area contributed by atoms with Gasteiger partial charge >= 0.3 is 18.9 Å². The van der Waals surface area contributed by atoms with Gasteiger partial charge in [0.05, 0.1) is 6.61 Å². The fourth-order valence-corrected chi connectivity index (χ4v) is 0.793. The van der Waals surface area contributed by atoms with Crippen molar-refractivity contribution in [1.82, 2.24) is 0 Å². The molecule has 0 atom stereocenters. The number of unbranched alkanes of at least 4 members (excludes halogenated alkanes) is 1. The van der Waals surface area contributed by atoms with E-state index in [-0.39, 0.29) is 18.9 Å². The van der Waals surface area contributed by atoms with Crippen LogP contribution in [0.2, 0.25) is 0 Å². The van der Waals surface area contributed by atoms with Crippen LogP contribution in [-0.2, 0) is 0 Å². The van der Waals surface area contributed by atoms with Crippen molar-refractivity contribution >= 4 is 0 Å². The number of hydrogen-bond donors (Lipinski definition) is 0. The average Bonchev–Trinajstić information content (AvgIpc) is 2.07. The largest absolute Gasteiger partial charge is 1.00 e. The zero-order valence-corrected chi connectivity index (χ0v) is 7.84. The Balaban J connectivity index is 0.00000121. The summed E-state index contributed by atoms with van der Waals surface area (Å²) >= 11 is 0. The molecular formula is C10H13LiO. The van der Waals surface area contributed by atoms with E-state index in [1.54, 1.807) is 0 Å². The maximum absolute atomic E-state index is 5.39. The van der Waals surface area contributed by atoms with Crippen LogP contribution in [0.25, 0.3) is 0 Å². The van der Waals surface area contributed by atoms with Crippen LogP contribution in [-0.4, -0.2) is 6.61 Å². The third-order valence-electron chi connectivity index (χ3n) is 1.44. The van der Waals surface area contributed by atoms with Crippen molar-refractivity contribution in [2.24, 2.45) is 0 Å². The summed E-state index contributed by atoms with van der Waals surface area (Å²) in [6.07, 6.45) is 2.29. The van der Waals surface area contributed by atoms with Gasteiger partial charge in [-0.2, -0.15) is 18.2 Å². The van der Waals surface area contributed by atoms with Crippen LogP contribution in [0.1, 0.15) is 19.8 Å². The van der Waals surface area contributed by atoms with Gasteiger partial charge in [-0.1, -0.05) is 13.3 Å². The Bertz CT molecular complexity index is 186. The Morgan fingerprint density at radius 2 is 2.25 bits per heavy atom. The Morgan fingerprint density at radius 1 is 1.42 bits per heavy atom. The minimum atomic E-state index is 0. The quantitative estimate of drug-likeness (QED) is 0.329. The van der Waals surface area contributed by atoms with Crippen LogP contribution in [0, 0.1) is 6.07 Å². The second-order valence-electron chi connectivity index (χ2n) is 2.43. The Morgan fingerprint density at radius 3 is 2.83 bits per heavy atom. The zero-order chi connectivity index (χ0) is 7.94. The third kappa shape index (κ3) is 4.49. The van der Waals surface area contributed by atoms with Gasteiger partial charge in [0.2, 0.25) is 0 Å². The van der Waals surface area contributed by atoms with Gasteiger partial charge in [0.15, 0.2) is 0 Å². The van der Waals surface area contributed by atoms with Crippen molar-refractivity contribution in [3.63, 3.8) is 0 Å². The number of benzene rings is 1. The predicted molar refractivity (Wildman–Crippen MR) is 45.7 cm³/mol. The first-order chi connectivity index (χ1) is 5.43. The smallest absolute Gasteiger partial charge is 0.519 e. The molecule has 0 radical (unpaired) electrons. The topological polar surface area (TPSA) is 9.23 Å². The molecule has 60 valence electrons. The van der Waals surface area contributed by atoms with Crippen molar-refractivity contribution in [1.29, 1.82) is 0 Å². The summed E-state index contributed by atoms with van der Waals surface area (Å²) in [5.41, 5.74) is 0. The van der Waals surface area contributed by atoms with E-state index < -0.39 is 0 Å². The first kappa shape index (κ1) is 11.6. The molecule has 0 N–H and O–H groups in total. The molecule has 1 aromatic carbocycles. The normalized spacial score (nSPS) is 8.75. The van der Waals surface area contributed by atoms with Gasteiger partial charge < -0.3 is 4.74 Å². The van der Waals surface area contributed by atoms with Gasteiger partial charge in [-0.3, -0.25) is 0 Å². The standard InChI is InChI=1S/C10H13O.Li/c1-2-3-9-11-10-7-5-4-6-8-10;/h4-7H,2-3,9H2,1H3;/q-1;+1. The van der Waals surface area contributed by atoms with Gasteiger partial charge in [-0.25, -0.2) is 0 Å². The number of hydrogen-bond acceptors (Lipinski definition) is 1. The molecule has 1 nitrogen and oxygen atoms in total. The predicted octanol–water partition coefficient (Wildman–Crippen LogP) is -0.330. The molecule has 0 spiro atoms. The molecule has 0 aliphatic heterocycles. The van der Waals surface area contributed by atoms with E-state index in [2.05, 4.69) is 13.0 Å². The van der Waals surface area contributed by atoms with Crippen molar-refractivity contribution in [2.45, 2.75) is 19.8 Å². The van der Waals surface area contributed by atoms with Crippen LogP contribution in [0.5, 0.6) is 5.75 Å². The molecular weight excluding hydrogens is 143 g/mol. The van der Waals surface area contributed by atoms with Gasteiger partial charge in [0.25, 0.3) is 0 Å². The maximum atomic E-state index is 5.39. The van der Waals surface area contributed by atoms with E-state index in [0.29, 0.717) is 0 Å². The fourth-order valence-electron chi connectivity index (χ4n) is 0.793. The molecule has 0 bridgehead atoms. The molecule has 0 saturated heterocycles. The van der Waals surface area contributed by atoms with Crippen LogP contribution >= 0.6 is 0 Å². The SMILES string of the molecule is CCCCOc1[c-]cccc1.[Li+]. The monoisotopic (exact) mass is 156 g/mol. The summed E-state index contributed by atoms with van der Waals surface area (Å²) in [5.74, 6) is 0.848. The Kier molecular flexibility index (Phi) is 7.04. The third-order valence-corrected chi connectivity index (χ3v) is 1.44. The van der Waals surface area contributed by atoms with E-state index in [0.717, 1.165) is 18.8 Å². The van der Waals surface area contributed by atoms with Crippen molar-refractivity contribution in [3.8, 4) is 5.75 Å². The molecule has 0 amide bonds. The fraction of sp³-hybridized carbons (Fsp3) is 0.400. The number of rotatable bonds is 4. The number of ether oxygens (including phenoxy) is 1. The van der Waals surface area contributed by atoms with Crippen molar-refractivity contribution in [2.75, 3.05) is 6.61 Å². The molecule has 0 unspecified atom stereocenters. The Hall–Kier alpha value is -0.383. The molecule has 0 aromatic heterocycles. The van der Waals surface area contributed by atoms with Crippen LogP contribution in [0.4, 0.5) is 0 Å². The molecule has 2 heteroatoms. The first-order valence-electron chi connectivity index (χ1n) is 4.03. The molecule has 0 aliphatic carbocycles. The zero-order valence-electron chi connectivity index (χ0n) is 7.84. The van der Waals surface area contributed by atoms with Crippen LogP contribution in [0.3, 0.4) is 0 Å². The molecule has 0 saturated carbocycles. The molecule has 12 heavy (non-hydrogen) atoms. The van der Waals surface area contributed by atoms with Crippen molar-refractivity contribution in [3.05, 3.63) is 30.3 Å². The molecule has 0 heterocycles. The molecule has 0 aliphatic rings. The second kappa shape index (κ2) is 7.28. The van der Waals surface area contributed by atoms with E-state index in [4.69, 9.17) is 4.74 Å². The number of para-hydroxylation sites is 1. The summed E-state index contributed by atoms with van der Waals surface area (Å²) in [4.78, 5) is 0. The minimum absolute atomic E-state index is 0. The van der Waals surface area contributed by atoms with Gasteiger partial charge in [-0.05, 0) is 6.42 Å². The Labute approximate surface area is 86.3 Å². The molecule has 1 aromatic rings. The maximum Gasteiger partial charge on any atom is 1.00 e. The van der Waals surface area contributed by atoms with Crippen LogP contribution in [0.15, 0.2) is 24.3 Å². The van der Waals surface area contributed by atoms with Gasteiger partial charge in [0, 0.05) is 5.75 Å². The summed E-state index contributed by atoms with van der Waals surface area (Å²) in [6, 6.07) is 10.7. The average molecular weight is 156 g/mol. The van der Waals surface area contributed by atoms with E-state index in [9.17, 15) is 0 Å². The minimum Gasteiger partial charge on any atom is -0.519 e. The van der Waals surface area contributed by atoms with Crippen molar-refractivity contribution < 1.29 is 23.6 Å². The summed E-state index contributed by atoms with van der Waals surface area (Å²) < 4.78 is 5.39. The van der Waals surface area contributed by atoms with Crippen LogP contribution < -0.4 is 23.6 Å². The van der Waals surface area contributed by atoms with E-state index in [1.165, 1.54) is 6.42 Å². The molecule has 0 fully saturated rings. The van der Waals surface area contributed by atoms with E-state index >= 15 is 0 Å². The van der Waals surface area contributed by atoms with E-state index in [1.807, 2.05) is 24.3 Å². The summed E-state index contributed by atoms with van der Waals surface area (Å²) in [7, 11) is 0. The van der Waals surface area contributed by atoms with Gasteiger partial charge in [-0.15, -0.1) is 12.1 Å². The van der Waals surface area contributed by atoms with Gasteiger partial charge in [0.1, 0.15) is 0 Å². The summed E-state index contributed by atoms with van der Waals surface area (Å²) in [6.45, 7) is 2.95.